The van der Waals surface area contributed by atoms with Gasteiger partial charge in [0.25, 0.3) is 0 Å². The molecule has 2 aromatic rings. The standard InChI is InChI=1S/C18H25N3/c1-12(2)18-20-16(17(19)21(18)15-9-10-15)11-13(3)14-7-5-4-6-8-14/h4-8,12-13,15H,9-11,19H2,1-3H3. The molecule has 3 rings (SSSR count). The van der Waals surface area contributed by atoms with Crippen LogP contribution in [-0.4, -0.2) is 9.55 Å². The van der Waals surface area contributed by atoms with Crippen LogP contribution in [0, 0.1) is 0 Å². The smallest absolute Gasteiger partial charge is 0.127 e. The average molecular weight is 283 g/mol. The van der Waals surface area contributed by atoms with E-state index < -0.39 is 0 Å². The first kappa shape index (κ1) is 14.2. The lowest BCUT2D eigenvalue weighted by atomic mass is 9.96. The van der Waals surface area contributed by atoms with Gasteiger partial charge in [-0.2, -0.15) is 0 Å². The molecule has 2 N–H and O–H groups in total. The largest absolute Gasteiger partial charge is 0.384 e. The molecule has 1 unspecified atom stereocenters. The predicted molar refractivity (Wildman–Crippen MR) is 87.6 cm³/mol. The molecule has 0 spiro atoms. The van der Waals surface area contributed by atoms with E-state index in [4.69, 9.17) is 10.7 Å². The quantitative estimate of drug-likeness (QED) is 0.890. The summed E-state index contributed by atoms with van der Waals surface area (Å²) in [6.07, 6.45) is 3.40. The fourth-order valence-electron chi connectivity index (χ4n) is 2.98. The third kappa shape index (κ3) is 2.82. The van der Waals surface area contributed by atoms with Crippen molar-refractivity contribution in [2.45, 2.75) is 57.9 Å². The first-order valence-corrected chi connectivity index (χ1v) is 7.99. The summed E-state index contributed by atoms with van der Waals surface area (Å²) in [5.41, 5.74) is 8.83. The highest BCUT2D eigenvalue weighted by Gasteiger charge is 2.30. The van der Waals surface area contributed by atoms with Crippen LogP contribution in [0.5, 0.6) is 0 Å². The molecule has 1 fully saturated rings. The maximum atomic E-state index is 6.41. The number of nitrogens with zero attached hydrogens (tertiary/aromatic N) is 2. The lowest BCUT2D eigenvalue weighted by Crippen LogP contribution is -2.07. The molecule has 1 saturated carbocycles. The number of benzene rings is 1. The molecular formula is C18H25N3. The summed E-state index contributed by atoms with van der Waals surface area (Å²) in [5.74, 6) is 2.92. The predicted octanol–water partition coefficient (Wildman–Crippen LogP) is 4.27. The molecule has 21 heavy (non-hydrogen) atoms. The van der Waals surface area contributed by atoms with E-state index in [9.17, 15) is 0 Å². The van der Waals surface area contributed by atoms with Crippen molar-refractivity contribution in [2.24, 2.45) is 0 Å². The van der Waals surface area contributed by atoms with E-state index in [1.165, 1.54) is 18.4 Å². The SMILES string of the molecule is CC(C)c1nc(CC(C)c2ccccc2)c(N)n1C1CC1. The van der Waals surface area contributed by atoms with Crippen molar-refractivity contribution in [2.75, 3.05) is 5.73 Å². The number of rotatable bonds is 5. The van der Waals surface area contributed by atoms with Gasteiger partial charge >= 0.3 is 0 Å². The molecule has 3 nitrogen and oxygen atoms in total. The highest BCUT2D eigenvalue weighted by Crippen LogP contribution is 2.41. The molecule has 3 heteroatoms. The Labute approximate surface area is 127 Å². The molecule has 0 amide bonds. The molecule has 1 aromatic heterocycles. The second-order valence-corrected chi connectivity index (χ2v) is 6.57. The zero-order chi connectivity index (χ0) is 15.0. The van der Waals surface area contributed by atoms with Crippen LogP contribution in [0.3, 0.4) is 0 Å². The molecule has 0 aliphatic heterocycles. The third-order valence-corrected chi connectivity index (χ3v) is 4.35. The normalized spacial score (nSPS) is 16.4. The Morgan fingerprint density at radius 1 is 1.19 bits per heavy atom. The van der Waals surface area contributed by atoms with Crippen molar-refractivity contribution in [1.29, 1.82) is 0 Å². The Hall–Kier alpha value is -1.77. The van der Waals surface area contributed by atoms with E-state index in [0.29, 0.717) is 17.9 Å². The van der Waals surface area contributed by atoms with Gasteiger partial charge in [-0.1, -0.05) is 51.1 Å². The minimum absolute atomic E-state index is 0.425. The molecule has 1 atom stereocenters. The molecule has 0 saturated heterocycles. The van der Waals surface area contributed by atoms with Gasteiger partial charge in [0.2, 0.25) is 0 Å². The van der Waals surface area contributed by atoms with Crippen molar-refractivity contribution in [3.63, 3.8) is 0 Å². The zero-order valence-corrected chi connectivity index (χ0v) is 13.2. The van der Waals surface area contributed by atoms with E-state index in [0.717, 1.165) is 23.8 Å². The summed E-state index contributed by atoms with van der Waals surface area (Å²) in [6.45, 7) is 6.65. The molecular weight excluding hydrogens is 258 g/mol. The van der Waals surface area contributed by atoms with Crippen LogP contribution >= 0.6 is 0 Å². The molecule has 1 heterocycles. The second kappa shape index (κ2) is 5.55. The highest BCUT2D eigenvalue weighted by atomic mass is 15.2. The number of hydrogen-bond donors (Lipinski definition) is 1. The van der Waals surface area contributed by atoms with Crippen LogP contribution in [0.1, 0.15) is 68.6 Å². The fourth-order valence-corrected chi connectivity index (χ4v) is 2.98. The van der Waals surface area contributed by atoms with E-state index in [1.54, 1.807) is 0 Å². The lowest BCUT2D eigenvalue weighted by molar-refractivity contribution is 0.645. The maximum absolute atomic E-state index is 6.41. The molecule has 0 radical (unpaired) electrons. The first-order chi connectivity index (χ1) is 10.1. The number of aromatic nitrogens is 2. The van der Waals surface area contributed by atoms with Gasteiger partial charge in [-0.05, 0) is 30.7 Å². The molecule has 112 valence electrons. The van der Waals surface area contributed by atoms with Crippen molar-refractivity contribution >= 4 is 5.82 Å². The van der Waals surface area contributed by atoms with Crippen LogP contribution < -0.4 is 5.73 Å². The minimum Gasteiger partial charge on any atom is -0.384 e. The maximum Gasteiger partial charge on any atom is 0.127 e. The second-order valence-electron chi connectivity index (χ2n) is 6.57. The Morgan fingerprint density at radius 3 is 2.43 bits per heavy atom. The first-order valence-electron chi connectivity index (χ1n) is 7.99. The van der Waals surface area contributed by atoms with Crippen molar-refractivity contribution in [1.82, 2.24) is 9.55 Å². The zero-order valence-electron chi connectivity index (χ0n) is 13.2. The van der Waals surface area contributed by atoms with Crippen LogP contribution in [0.25, 0.3) is 0 Å². The summed E-state index contributed by atoms with van der Waals surface area (Å²) >= 11 is 0. The fraction of sp³-hybridized carbons (Fsp3) is 0.500. The molecule has 1 aliphatic carbocycles. The van der Waals surface area contributed by atoms with Gasteiger partial charge in [-0.25, -0.2) is 4.98 Å². The van der Waals surface area contributed by atoms with Gasteiger partial charge in [0.1, 0.15) is 11.6 Å². The van der Waals surface area contributed by atoms with Crippen LogP contribution in [0.15, 0.2) is 30.3 Å². The van der Waals surface area contributed by atoms with E-state index in [2.05, 4.69) is 55.7 Å². The van der Waals surface area contributed by atoms with E-state index >= 15 is 0 Å². The average Bonchev–Trinajstić information content (AvgIpc) is 3.26. The summed E-state index contributed by atoms with van der Waals surface area (Å²) in [6, 6.07) is 11.2. The molecule has 1 aromatic carbocycles. The molecule has 0 bridgehead atoms. The number of anilines is 1. The van der Waals surface area contributed by atoms with Gasteiger partial charge in [0.15, 0.2) is 0 Å². The van der Waals surface area contributed by atoms with Crippen LogP contribution in [0.4, 0.5) is 5.82 Å². The van der Waals surface area contributed by atoms with Crippen LogP contribution in [0.2, 0.25) is 0 Å². The highest BCUT2D eigenvalue weighted by molar-refractivity contribution is 5.41. The summed E-state index contributed by atoms with van der Waals surface area (Å²) in [7, 11) is 0. The Morgan fingerprint density at radius 2 is 1.86 bits per heavy atom. The summed E-state index contributed by atoms with van der Waals surface area (Å²) in [5, 5.41) is 0. The Balaban J connectivity index is 1.87. The number of imidazole rings is 1. The van der Waals surface area contributed by atoms with Crippen LogP contribution in [-0.2, 0) is 6.42 Å². The Bertz CT molecular complexity index is 609. The van der Waals surface area contributed by atoms with Gasteiger partial charge in [0, 0.05) is 12.0 Å². The van der Waals surface area contributed by atoms with Gasteiger partial charge in [-0.3, -0.25) is 0 Å². The molecule has 1 aliphatic rings. The van der Waals surface area contributed by atoms with Gasteiger partial charge in [0.05, 0.1) is 5.69 Å². The van der Waals surface area contributed by atoms with Crippen molar-refractivity contribution in [3.05, 3.63) is 47.4 Å². The lowest BCUT2D eigenvalue weighted by Gasteiger charge is -2.11. The Kier molecular flexibility index (Phi) is 3.75. The van der Waals surface area contributed by atoms with E-state index in [-0.39, 0.29) is 0 Å². The minimum atomic E-state index is 0.425. The third-order valence-electron chi connectivity index (χ3n) is 4.35. The van der Waals surface area contributed by atoms with Gasteiger partial charge < -0.3 is 10.3 Å². The number of nitrogen functional groups attached to an aromatic ring is 1. The summed E-state index contributed by atoms with van der Waals surface area (Å²) in [4.78, 5) is 4.87. The van der Waals surface area contributed by atoms with Gasteiger partial charge in [-0.15, -0.1) is 0 Å². The van der Waals surface area contributed by atoms with Crippen molar-refractivity contribution in [3.8, 4) is 0 Å². The van der Waals surface area contributed by atoms with E-state index in [1.807, 2.05) is 0 Å². The monoisotopic (exact) mass is 283 g/mol. The van der Waals surface area contributed by atoms with Crippen molar-refractivity contribution < 1.29 is 0 Å². The topological polar surface area (TPSA) is 43.8 Å². The number of nitrogens with two attached hydrogens (primary N) is 1. The summed E-state index contributed by atoms with van der Waals surface area (Å²) < 4.78 is 2.29. The number of hydrogen-bond acceptors (Lipinski definition) is 2.